The second-order valence-corrected chi connectivity index (χ2v) is 6.92. The summed E-state index contributed by atoms with van der Waals surface area (Å²) >= 11 is 15.7. The minimum atomic E-state index is -0.451. The molecule has 0 heterocycles. The van der Waals surface area contributed by atoms with Gasteiger partial charge in [-0.25, -0.2) is 0 Å². The highest BCUT2D eigenvalue weighted by Gasteiger charge is 2.17. The molecule has 2 aromatic carbocycles. The molecule has 0 spiro atoms. The molecule has 2 aromatic rings. The van der Waals surface area contributed by atoms with Crippen molar-refractivity contribution in [3.63, 3.8) is 0 Å². The zero-order valence-corrected chi connectivity index (χ0v) is 16.9. The van der Waals surface area contributed by atoms with Crippen LogP contribution in [0.1, 0.15) is 21.5 Å². The number of amides is 1. The number of hydrogen-bond donors (Lipinski definition) is 3. The highest BCUT2D eigenvalue weighted by molar-refractivity contribution is 9.10. The average Bonchev–Trinajstić information content (AvgIpc) is 2.60. The smallest absolute Gasteiger partial charge is 0.254 e. The summed E-state index contributed by atoms with van der Waals surface area (Å²) in [6.07, 6.45) is 2.95. The lowest BCUT2D eigenvalue weighted by atomic mass is 10.0. The van der Waals surface area contributed by atoms with E-state index in [4.69, 9.17) is 28.9 Å². The van der Waals surface area contributed by atoms with E-state index in [1.807, 2.05) is 0 Å². The molecule has 8 heteroatoms. The first kappa shape index (κ1) is 20.3. The number of para-hydroxylation sites is 1. The summed E-state index contributed by atoms with van der Waals surface area (Å²) in [4.78, 5) is 16.4. The third-order valence-corrected chi connectivity index (χ3v) is 4.80. The van der Waals surface area contributed by atoms with Gasteiger partial charge in [0.1, 0.15) is 5.75 Å². The lowest BCUT2D eigenvalue weighted by Gasteiger charge is -2.12. The molecule has 4 N–H and O–H groups in total. The minimum absolute atomic E-state index is 0.0666. The van der Waals surface area contributed by atoms with Crippen molar-refractivity contribution in [2.24, 2.45) is 10.7 Å². The van der Waals surface area contributed by atoms with Crippen LogP contribution in [0.3, 0.4) is 0 Å². The number of nitrogens with zero attached hydrogens (tertiary/aromatic N) is 1. The summed E-state index contributed by atoms with van der Waals surface area (Å²) in [6, 6.07) is 8.36. The Balaban J connectivity index is 2.25. The number of nitrogens with one attached hydrogen (secondary N) is 1. The average molecular weight is 457 g/mol. The lowest BCUT2D eigenvalue weighted by Crippen LogP contribution is -2.23. The topological polar surface area (TPSA) is 87.7 Å². The van der Waals surface area contributed by atoms with Gasteiger partial charge in [0.25, 0.3) is 5.91 Å². The Bertz CT molecular complexity index is 875. The van der Waals surface area contributed by atoms with Gasteiger partial charge >= 0.3 is 0 Å². The molecule has 0 saturated heterocycles. The number of halogens is 3. The van der Waals surface area contributed by atoms with E-state index in [0.29, 0.717) is 21.2 Å². The Morgan fingerprint density at radius 3 is 2.58 bits per heavy atom. The molecule has 0 aliphatic rings. The number of nitrogens with two attached hydrogens (primary N) is 1. The summed E-state index contributed by atoms with van der Waals surface area (Å²) in [5.41, 5.74) is 7.56. The summed E-state index contributed by atoms with van der Waals surface area (Å²) in [5.74, 6) is -0.384. The summed E-state index contributed by atoms with van der Waals surface area (Å²) in [6.45, 7) is 0.120. The van der Waals surface area contributed by atoms with E-state index in [-0.39, 0.29) is 27.9 Å². The molecule has 0 aliphatic carbocycles. The Kier molecular flexibility index (Phi) is 7.08. The second-order valence-electron chi connectivity index (χ2n) is 5.25. The van der Waals surface area contributed by atoms with Gasteiger partial charge in [-0.05, 0) is 39.7 Å². The van der Waals surface area contributed by atoms with E-state index in [2.05, 4.69) is 26.2 Å². The lowest BCUT2D eigenvalue weighted by molar-refractivity contribution is 0.0951. The monoisotopic (exact) mass is 455 g/mol. The number of hydrogen-bond acceptors (Lipinski definition) is 4. The largest absolute Gasteiger partial charge is 0.506 e. The molecule has 0 aromatic heterocycles. The molecule has 0 atom stereocenters. The quantitative estimate of drug-likeness (QED) is 0.583. The molecule has 26 heavy (non-hydrogen) atoms. The minimum Gasteiger partial charge on any atom is -0.506 e. The van der Waals surface area contributed by atoms with E-state index in [1.165, 1.54) is 6.20 Å². The maximum absolute atomic E-state index is 12.5. The van der Waals surface area contributed by atoms with Crippen molar-refractivity contribution < 1.29 is 9.90 Å². The fourth-order valence-electron chi connectivity index (χ4n) is 2.28. The van der Waals surface area contributed by atoms with Crippen LogP contribution in [-0.4, -0.2) is 24.3 Å². The predicted molar refractivity (Wildman–Crippen MR) is 110 cm³/mol. The van der Waals surface area contributed by atoms with Crippen LogP contribution in [-0.2, 0) is 6.54 Å². The molecular weight excluding hydrogens is 441 g/mol. The second kappa shape index (κ2) is 9.07. The number of rotatable bonds is 5. The third-order valence-electron chi connectivity index (χ3n) is 3.56. The van der Waals surface area contributed by atoms with E-state index < -0.39 is 5.91 Å². The van der Waals surface area contributed by atoms with E-state index in [0.717, 1.165) is 0 Å². The summed E-state index contributed by atoms with van der Waals surface area (Å²) < 4.78 is 0.545. The molecule has 0 bridgehead atoms. The maximum atomic E-state index is 12.5. The van der Waals surface area contributed by atoms with Gasteiger partial charge in [0.15, 0.2) is 0 Å². The molecule has 136 valence electrons. The SMILES string of the molecule is CN=CC(=CN)c1cc(Cl)c(C(=O)NCc2cccc(Br)c2O)c(Cl)c1. The van der Waals surface area contributed by atoms with Crippen molar-refractivity contribution in [1.82, 2.24) is 5.32 Å². The van der Waals surface area contributed by atoms with Crippen molar-refractivity contribution in [2.45, 2.75) is 6.54 Å². The van der Waals surface area contributed by atoms with E-state index in [1.54, 1.807) is 43.6 Å². The Hall–Kier alpha value is -2.02. The van der Waals surface area contributed by atoms with Crippen LogP contribution in [0.15, 0.2) is 46.0 Å². The molecule has 0 fully saturated rings. The Morgan fingerprint density at radius 1 is 1.35 bits per heavy atom. The van der Waals surface area contributed by atoms with Gasteiger partial charge in [-0.15, -0.1) is 0 Å². The normalized spacial score (nSPS) is 11.8. The molecule has 0 saturated carbocycles. The maximum Gasteiger partial charge on any atom is 0.254 e. The summed E-state index contributed by atoms with van der Waals surface area (Å²) in [7, 11) is 1.62. The molecule has 5 nitrogen and oxygen atoms in total. The van der Waals surface area contributed by atoms with Crippen molar-refractivity contribution >= 4 is 56.8 Å². The molecular formula is C18H16BrCl2N3O2. The highest BCUT2D eigenvalue weighted by atomic mass is 79.9. The zero-order chi connectivity index (χ0) is 19.3. The van der Waals surface area contributed by atoms with Gasteiger partial charge in [0.05, 0.1) is 20.1 Å². The number of allylic oxidation sites excluding steroid dienone is 1. The number of aromatic hydroxyl groups is 1. The van der Waals surface area contributed by atoms with Crippen LogP contribution >= 0.6 is 39.1 Å². The molecule has 0 radical (unpaired) electrons. The summed E-state index contributed by atoms with van der Waals surface area (Å²) in [5, 5.41) is 13.1. The van der Waals surface area contributed by atoms with Gasteiger partial charge in [-0.1, -0.05) is 35.3 Å². The fraction of sp³-hybridized carbons (Fsp3) is 0.111. The van der Waals surface area contributed by atoms with Crippen LogP contribution in [0, 0.1) is 0 Å². The molecule has 2 rings (SSSR count). The standard InChI is InChI=1S/C18H16BrCl2N3O2/c1-23-8-12(7-22)11-5-14(20)16(15(21)6-11)18(26)24-9-10-3-2-4-13(19)17(10)25/h2-8,25H,9,22H2,1H3,(H,24,26). The van der Waals surface area contributed by atoms with Crippen molar-refractivity contribution in [3.8, 4) is 5.75 Å². The van der Waals surface area contributed by atoms with Crippen LogP contribution in [0.25, 0.3) is 5.57 Å². The van der Waals surface area contributed by atoms with Gasteiger partial charge in [-0.3, -0.25) is 9.79 Å². The van der Waals surface area contributed by atoms with Gasteiger partial charge in [0, 0.05) is 37.1 Å². The number of benzene rings is 2. The van der Waals surface area contributed by atoms with E-state index >= 15 is 0 Å². The first-order chi connectivity index (χ1) is 12.4. The first-order valence-electron chi connectivity index (χ1n) is 7.47. The van der Waals surface area contributed by atoms with Gasteiger partial charge in [0.2, 0.25) is 0 Å². The van der Waals surface area contributed by atoms with Crippen LogP contribution in [0.5, 0.6) is 5.75 Å². The zero-order valence-electron chi connectivity index (χ0n) is 13.8. The van der Waals surface area contributed by atoms with Gasteiger partial charge in [-0.2, -0.15) is 0 Å². The Labute approximate surface area is 169 Å². The third kappa shape index (κ3) is 4.58. The molecule has 1 amide bonds. The number of carbonyl (C=O) groups is 1. The number of phenols is 1. The highest BCUT2D eigenvalue weighted by Crippen LogP contribution is 2.30. The number of phenolic OH excluding ortho intramolecular Hbond substituents is 1. The number of aliphatic imine (C=N–C) groups is 1. The fourth-order valence-corrected chi connectivity index (χ4v) is 3.34. The van der Waals surface area contributed by atoms with Crippen LogP contribution in [0.4, 0.5) is 0 Å². The number of carbonyl (C=O) groups excluding carboxylic acids is 1. The van der Waals surface area contributed by atoms with Crippen molar-refractivity contribution in [1.29, 1.82) is 0 Å². The molecule has 0 unspecified atom stereocenters. The van der Waals surface area contributed by atoms with Crippen molar-refractivity contribution in [2.75, 3.05) is 7.05 Å². The van der Waals surface area contributed by atoms with Gasteiger partial charge < -0.3 is 16.2 Å². The predicted octanol–water partition coefficient (Wildman–Crippen LogP) is 4.39. The van der Waals surface area contributed by atoms with Crippen molar-refractivity contribution in [3.05, 3.63) is 67.7 Å². The van der Waals surface area contributed by atoms with Crippen LogP contribution < -0.4 is 11.1 Å². The first-order valence-corrected chi connectivity index (χ1v) is 9.02. The molecule has 0 aliphatic heterocycles. The Morgan fingerprint density at radius 2 is 2.00 bits per heavy atom. The van der Waals surface area contributed by atoms with Crippen LogP contribution in [0.2, 0.25) is 10.0 Å². The van der Waals surface area contributed by atoms with E-state index in [9.17, 15) is 9.90 Å².